The largest absolute Gasteiger partial charge is 0.494 e. The van der Waals surface area contributed by atoms with Crippen LogP contribution in [0.25, 0.3) is 0 Å². The predicted molar refractivity (Wildman–Crippen MR) is 225 cm³/mol. The first-order chi connectivity index (χ1) is 26.7. The first kappa shape index (κ1) is 42.3. The van der Waals surface area contributed by atoms with E-state index in [-0.39, 0.29) is 6.10 Å². The minimum Gasteiger partial charge on any atom is -0.494 e. The molecule has 0 radical (unpaired) electrons. The second-order valence-corrected chi connectivity index (χ2v) is 16.6. The van der Waals surface area contributed by atoms with Gasteiger partial charge in [0.25, 0.3) is 0 Å². The van der Waals surface area contributed by atoms with Gasteiger partial charge in [0.05, 0.1) is 33.0 Å². The fourth-order valence-electron chi connectivity index (χ4n) is 9.23. The maximum absolute atomic E-state index is 6.47. The Labute approximate surface area is 330 Å². The zero-order chi connectivity index (χ0) is 37.5. The zero-order valence-corrected chi connectivity index (χ0v) is 34.2. The van der Waals surface area contributed by atoms with Crippen LogP contribution in [0.1, 0.15) is 165 Å². The van der Waals surface area contributed by atoms with Crippen molar-refractivity contribution in [2.24, 2.45) is 23.7 Å². The highest BCUT2D eigenvalue weighted by Gasteiger charge is 2.25. The van der Waals surface area contributed by atoms with Crippen molar-refractivity contribution < 1.29 is 18.9 Å². The fraction of sp³-hybridized carbons (Fsp3) is 0.640. The van der Waals surface area contributed by atoms with Crippen molar-refractivity contribution in [3.63, 3.8) is 0 Å². The second-order valence-electron chi connectivity index (χ2n) is 16.6. The Morgan fingerprint density at radius 1 is 0.500 bits per heavy atom. The lowest BCUT2D eigenvalue weighted by Gasteiger charge is -2.31. The van der Waals surface area contributed by atoms with Crippen LogP contribution < -0.4 is 9.47 Å². The van der Waals surface area contributed by atoms with Crippen molar-refractivity contribution in [1.29, 1.82) is 0 Å². The van der Waals surface area contributed by atoms with Crippen molar-refractivity contribution >= 4 is 0 Å². The van der Waals surface area contributed by atoms with Gasteiger partial charge in [0.1, 0.15) is 17.6 Å². The highest BCUT2D eigenvalue weighted by atomic mass is 16.5. The first-order valence-electron chi connectivity index (χ1n) is 22.4. The molecule has 0 amide bonds. The molecule has 298 valence electrons. The minimum absolute atomic E-state index is 0.147. The van der Waals surface area contributed by atoms with Crippen LogP contribution in [0.5, 0.6) is 11.5 Å². The number of unbranched alkanes of at least 4 members (excludes halogenated alkanes) is 4. The Balaban J connectivity index is 0.990. The van der Waals surface area contributed by atoms with Crippen molar-refractivity contribution in [1.82, 2.24) is 0 Å². The number of benzene rings is 3. The molecule has 0 saturated heterocycles. The van der Waals surface area contributed by atoms with E-state index in [1.165, 1.54) is 116 Å². The summed E-state index contributed by atoms with van der Waals surface area (Å²) in [6.45, 7) is 7.79. The number of hydrogen-bond acceptors (Lipinski definition) is 4. The summed E-state index contributed by atoms with van der Waals surface area (Å²) in [6, 6.07) is 27.3. The molecular weight excluding hydrogens is 665 g/mol. The standard InChI is InChI=1S/C50H74O4/c1-3-5-8-18-43-20-12-14-22-45(43)26-16-36-52-48-32-28-41(29-33-48)38-51-40-50(47-24-10-7-11-25-47)54-39-42-30-34-49(35-31-42)53-37-17-27-46-23-15-13-21-44(46)19-9-6-4-2/h7,10-11,24-25,28-35,43-46,50H,3-6,8-9,12-23,26-27,36-40H2,1-2H3/t43?,44?,45?,46?,50-/m0/s1. The summed E-state index contributed by atoms with van der Waals surface area (Å²) in [4.78, 5) is 0. The third-order valence-electron chi connectivity index (χ3n) is 12.5. The Bertz CT molecular complexity index is 1360. The third-order valence-corrected chi connectivity index (χ3v) is 12.5. The van der Waals surface area contributed by atoms with Crippen LogP contribution in [0.3, 0.4) is 0 Å². The van der Waals surface area contributed by atoms with Crippen LogP contribution in [0.15, 0.2) is 78.9 Å². The highest BCUT2D eigenvalue weighted by molar-refractivity contribution is 5.28. The van der Waals surface area contributed by atoms with Crippen LogP contribution >= 0.6 is 0 Å². The van der Waals surface area contributed by atoms with Crippen LogP contribution in [-0.4, -0.2) is 19.8 Å². The van der Waals surface area contributed by atoms with Crippen LogP contribution in [0.4, 0.5) is 0 Å². The average molecular weight is 739 g/mol. The number of hydrogen-bond donors (Lipinski definition) is 0. The summed E-state index contributed by atoms with van der Waals surface area (Å²) < 4.78 is 25.0. The van der Waals surface area contributed by atoms with E-state index in [2.05, 4.69) is 86.6 Å². The molecule has 0 heterocycles. The summed E-state index contributed by atoms with van der Waals surface area (Å²) in [7, 11) is 0. The Morgan fingerprint density at radius 3 is 1.41 bits per heavy atom. The third kappa shape index (κ3) is 15.4. The van der Waals surface area contributed by atoms with E-state index >= 15 is 0 Å². The van der Waals surface area contributed by atoms with E-state index < -0.39 is 0 Å². The summed E-state index contributed by atoms with van der Waals surface area (Å²) in [6.07, 6.45) is 27.3. The van der Waals surface area contributed by atoms with E-state index in [9.17, 15) is 0 Å². The van der Waals surface area contributed by atoms with Crippen LogP contribution in [0, 0.1) is 23.7 Å². The molecule has 3 aromatic carbocycles. The highest BCUT2D eigenvalue weighted by Crippen LogP contribution is 2.37. The summed E-state index contributed by atoms with van der Waals surface area (Å²) in [5, 5.41) is 0. The van der Waals surface area contributed by atoms with Gasteiger partial charge in [-0.1, -0.05) is 171 Å². The molecular formula is C50H74O4. The van der Waals surface area contributed by atoms with Crippen LogP contribution in [0.2, 0.25) is 0 Å². The molecule has 0 aliphatic heterocycles. The average Bonchev–Trinajstić information content (AvgIpc) is 3.22. The lowest BCUT2D eigenvalue weighted by Crippen LogP contribution is -2.20. The van der Waals surface area contributed by atoms with Crippen molar-refractivity contribution in [3.05, 3.63) is 95.6 Å². The molecule has 5 atom stereocenters. The Hall–Kier alpha value is -2.82. The van der Waals surface area contributed by atoms with Gasteiger partial charge in [-0.15, -0.1) is 0 Å². The molecule has 2 aliphatic rings. The number of ether oxygens (including phenoxy) is 4. The van der Waals surface area contributed by atoms with Gasteiger partial charge in [-0.05, 0) is 90.3 Å². The Morgan fingerprint density at radius 2 is 0.944 bits per heavy atom. The molecule has 2 saturated carbocycles. The molecule has 0 aromatic heterocycles. The predicted octanol–water partition coefficient (Wildman–Crippen LogP) is 14.3. The zero-order valence-electron chi connectivity index (χ0n) is 34.2. The summed E-state index contributed by atoms with van der Waals surface area (Å²) >= 11 is 0. The SMILES string of the molecule is CCCCCC1CCCCC1CCCOc1ccc(COC[C@H](OCc2ccc(OCCCC3CCCCC3CCCCC)cc2)c2ccccc2)cc1. The van der Waals surface area contributed by atoms with E-state index in [0.717, 1.165) is 77.9 Å². The van der Waals surface area contributed by atoms with Gasteiger partial charge in [-0.2, -0.15) is 0 Å². The maximum Gasteiger partial charge on any atom is 0.119 e. The van der Waals surface area contributed by atoms with E-state index in [0.29, 0.717) is 19.8 Å². The lowest BCUT2D eigenvalue weighted by atomic mass is 9.74. The van der Waals surface area contributed by atoms with Crippen molar-refractivity contribution in [2.75, 3.05) is 19.8 Å². The molecule has 5 rings (SSSR count). The monoisotopic (exact) mass is 739 g/mol. The lowest BCUT2D eigenvalue weighted by molar-refractivity contribution is -0.0313. The second kappa shape index (κ2) is 25.4. The number of rotatable bonds is 26. The Kier molecular flexibility index (Phi) is 19.9. The molecule has 2 aliphatic carbocycles. The molecule has 0 spiro atoms. The fourth-order valence-corrected chi connectivity index (χ4v) is 9.23. The smallest absolute Gasteiger partial charge is 0.119 e. The molecule has 0 N–H and O–H groups in total. The molecule has 54 heavy (non-hydrogen) atoms. The van der Waals surface area contributed by atoms with Gasteiger partial charge in [-0.25, -0.2) is 0 Å². The van der Waals surface area contributed by atoms with E-state index in [1.54, 1.807) is 0 Å². The van der Waals surface area contributed by atoms with Gasteiger partial charge >= 0.3 is 0 Å². The normalized spacial score (nSPS) is 20.8. The quantitative estimate of drug-likeness (QED) is 0.0769. The first-order valence-corrected chi connectivity index (χ1v) is 22.4. The van der Waals surface area contributed by atoms with Crippen LogP contribution in [-0.2, 0) is 22.7 Å². The molecule has 4 nitrogen and oxygen atoms in total. The molecule has 4 heteroatoms. The van der Waals surface area contributed by atoms with Gasteiger partial charge in [-0.3, -0.25) is 0 Å². The topological polar surface area (TPSA) is 36.9 Å². The molecule has 0 bridgehead atoms. The summed E-state index contributed by atoms with van der Waals surface area (Å²) in [5.41, 5.74) is 3.42. The van der Waals surface area contributed by atoms with Crippen molar-refractivity contribution in [3.8, 4) is 11.5 Å². The molecule has 2 fully saturated rings. The minimum atomic E-state index is -0.147. The summed E-state index contributed by atoms with van der Waals surface area (Å²) in [5.74, 6) is 5.60. The van der Waals surface area contributed by atoms with Gasteiger partial charge in [0, 0.05) is 0 Å². The van der Waals surface area contributed by atoms with E-state index in [4.69, 9.17) is 18.9 Å². The maximum atomic E-state index is 6.47. The molecule has 3 aromatic rings. The van der Waals surface area contributed by atoms with Gasteiger partial charge in [0.2, 0.25) is 0 Å². The van der Waals surface area contributed by atoms with Crippen molar-refractivity contribution in [2.45, 2.75) is 162 Å². The van der Waals surface area contributed by atoms with E-state index in [1.807, 2.05) is 6.07 Å². The van der Waals surface area contributed by atoms with Gasteiger partial charge < -0.3 is 18.9 Å². The van der Waals surface area contributed by atoms with Gasteiger partial charge in [0.15, 0.2) is 0 Å². The molecule has 4 unspecified atom stereocenters.